The molecule has 0 amide bonds. The van der Waals surface area contributed by atoms with Gasteiger partial charge in [-0.2, -0.15) is 9.61 Å². The Labute approximate surface area is 152 Å². The van der Waals surface area contributed by atoms with Crippen LogP contribution >= 0.6 is 0 Å². The fourth-order valence-corrected chi connectivity index (χ4v) is 3.25. The normalized spacial score (nSPS) is 15.4. The highest BCUT2D eigenvalue weighted by Crippen LogP contribution is 2.27. The van der Waals surface area contributed by atoms with Crippen molar-refractivity contribution >= 4 is 11.5 Å². The molecular formula is C19H23N5O2. The fourth-order valence-electron chi connectivity index (χ4n) is 3.25. The minimum Gasteiger partial charge on any atom is -0.508 e. The maximum atomic E-state index is 9.72. The summed E-state index contributed by atoms with van der Waals surface area (Å²) in [5, 5.41) is 17.7. The summed E-state index contributed by atoms with van der Waals surface area (Å²) < 4.78 is 7.19. The number of rotatable bonds is 6. The van der Waals surface area contributed by atoms with Gasteiger partial charge in [0.15, 0.2) is 5.65 Å². The average Bonchev–Trinajstić information content (AvgIpc) is 3.11. The SMILES string of the molecule is Oc1cccc(-c2cnn3c(NCCCN4CCOCC4)ccnc23)c1. The summed E-state index contributed by atoms with van der Waals surface area (Å²) >= 11 is 0. The Kier molecular flexibility index (Phi) is 4.99. The molecule has 0 spiro atoms. The molecule has 3 aromatic rings. The number of benzene rings is 1. The smallest absolute Gasteiger partial charge is 0.165 e. The van der Waals surface area contributed by atoms with Crippen LogP contribution in [0, 0.1) is 0 Å². The van der Waals surface area contributed by atoms with E-state index in [-0.39, 0.29) is 5.75 Å². The first-order valence-electron chi connectivity index (χ1n) is 8.97. The summed E-state index contributed by atoms with van der Waals surface area (Å²) in [7, 11) is 0. The molecule has 0 radical (unpaired) electrons. The standard InChI is InChI=1S/C19H23N5O2/c25-16-4-1-3-15(13-16)17-14-22-24-18(5-7-21-19(17)24)20-6-2-8-23-9-11-26-12-10-23/h1,3-5,7,13-14,20,25H,2,6,8-12H2. The van der Waals surface area contributed by atoms with Gasteiger partial charge in [0.05, 0.1) is 19.4 Å². The molecule has 0 saturated carbocycles. The second-order valence-electron chi connectivity index (χ2n) is 6.41. The monoisotopic (exact) mass is 353 g/mol. The molecule has 1 fully saturated rings. The molecule has 0 aliphatic carbocycles. The molecule has 2 aromatic heterocycles. The Morgan fingerprint density at radius 3 is 2.92 bits per heavy atom. The van der Waals surface area contributed by atoms with E-state index >= 15 is 0 Å². The van der Waals surface area contributed by atoms with Crippen molar-refractivity contribution in [2.24, 2.45) is 0 Å². The number of nitrogens with one attached hydrogen (secondary N) is 1. The number of ether oxygens (including phenoxy) is 1. The molecule has 4 rings (SSSR count). The number of nitrogens with zero attached hydrogens (tertiary/aromatic N) is 4. The molecule has 0 unspecified atom stereocenters. The molecule has 0 bridgehead atoms. The Morgan fingerprint density at radius 1 is 1.19 bits per heavy atom. The van der Waals surface area contributed by atoms with Gasteiger partial charge in [0.2, 0.25) is 0 Å². The van der Waals surface area contributed by atoms with E-state index in [0.29, 0.717) is 0 Å². The lowest BCUT2D eigenvalue weighted by molar-refractivity contribution is 0.0378. The van der Waals surface area contributed by atoms with Crippen molar-refractivity contribution < 1.29 is 9.84 Å². The van der Waals surface area contributed by atoms with Crippen LogP contribution in [0.4, 0.5) is 5.82 Å². The lowest BCUT2D eigenvalue weighted by Gasteiger charge is -2.26. The van der Waals surface area contributed by atoms with E-state index in [9.17, 15) is 5.11 Å². The summed E-state index contributed by atoms with van der Waals surface area (Å²) in [5.41, 5.74) is 2.57. The number of phenolic OH excluding ortho intramolecular Hbond substituents is 1. The van der Waals surface area contributed by atoms with Gasteiger partial charge in [0, 0.05) is 31.4 Å². The molecule has 2 N–H and O–H groups in total. The molecule has 7 heteroatoms. The summed E-state index contributed by atoms with van der Waals surface area (Å²) in [6.07, 6.45) is 4.63. The van der Waals surface area contributed by atoms with Crippen molar-refractivity contribution in [1.82, 2.24) is 19.5 Å². The van der Waals surface area contributed by atoms with Crippen molar-refractivity contribution in [3.63, 3.8) is 0 Å². The summed E-state index contributed by atoms with van der Waals surface area (Å²) in [6.45, 7) is 5.65. The predicted molar refractivity (Wildman–Crippen MR) is 100 cm³/mol. The molecule has 1 aliphatic rings. The summed E-state index contributed by atoms with van der Waals surface area (Å²) in [5.74, 6) is 1.16. The van der Waals surface area contributed by atoms with Crippen LogP contribution in [0.15, 0.2) is 42.7 Å². The van der Waals surface area contributed by atoms with E-state index in [1.54, 1.807) is 24.5 Å². The van der Waals surface area contributed by atoms with Gasteiger partial charge in [0.25, 0.3) is 0 Å². The molecule has 0 atom stereocenters. The number of hydrogen-bond donors (Lipinski definition) is 2. The summed E-state index contributed by atoms with van der Waals surface area (Å²) in [4.78, 5) is 6.90. The highest BCUT2D eigenvalue weighted by Gasteiger charge is 2.12. The second-order valence-corrected chi connectivity index (χ2v) is 6.41. The van der Waals surface area contributed by atoms with Crippen molar-refractivity contribution in [2.45, 2.75) is 6.42 Å². The third-order valence-corrected chi connectivity index (χ3v) is 4.62. The lowest BCUT2D eigenvalue weighted by atomic mass is 10.1. The quantitative estimate of drug-likeness (QED) is 0.662. The van der Waals surface area contributed by atoms with E-state index < -0.39 is 0 Å². The van der Waals surface area contributed by atoms with Crippen LogP contribution in [-0.2, 0) is 4.74 Å². The highest BCUT2D eigenvalue weighted by atomic mass is 16.5. The number of aromatic nitrogens is 3. The number of hydrogen-bond acceptors (Lipinski definition) is 6. The van der Waals surface area contributed by atoms with Gasteiger partial charge in [0.1, 0.15) is 11.6 Å². The van der Waals surface area contributed by atoms with Crippen molar-refractivity contribution in [1.29, 1.82) is 0 Å². The van der Waals surface area contributed by atoms with Crippen LogP contribution in [0.25, 0.3) is 16.8 Å². The Bertz CT molecular complexity index is 873. The first kappa shape index (κ1) is 16.8. The van der Waals surface area contributed by atoms with Gasteiger partial charge >= 0.3 is 0 Å². The topological polar surface area (TPSA) is 74.9 Å². The molecule has 1 saturated heterocycles. The Balaban J connectivity index is 1.45. The molecule has 7 nitrogen and oxygen atoms in total. The van der Waals surface area contributed by atoms with E-state index in [0.717, 1.165) is 68.4 Å². The van der Waals surface area contributed by atoms with Crippen LogP contribution in [0.2, 0.25) is 0 Å². The largest absolute Gasteiger partial charge is 0.508 e. The number of anilines is 1. The molecule has 1 aromatic carbocycles. The van der Waals surface area contributed by atoms with E-state index in [1.165, 1.54) is 0 Å². The zero-order valence-corrected chi connectivity index (χ0v) is 14.6. The van der Waals surface area contributed by atoms with Crippen LogP contribution in [-0.4, -0.2) is 64.0 Å². The molecular weight excluding hydrogens is 330 g/mol. The third-order valence-electron chi connectivity index (χ3n) is 4.62. The van der Waals surface area contributed by atoms with Gasteiger partial charge in [-0.05, 0) is 36.7 Å². The van der Waals surface area contributed by atoms with Crippen molar-refractivity contribution in [2.75, 3.05) is 44.7 Å². The number of fused-ring (bicyclic) bond motifs is 1. The lowest BCUT2D eigenvalue weighted by Crippen LogP contribution is -2.37. The maximum Gasteiger partial charge on any atom is 0.165 e. The molecule has 136 valence electrons. The number of phenols is 1. The van der Waals surface area contributed by atoms with Gasteiger partial charge in [-0.25, -0.2) is 4.98 Å². The summed E-state index contributed by atoms with van der Waals surface area (Å²) in [6, 6.07) is 9.08. The van der Waals surface area contributed by atoms with E-state index in [2.05, 4.69) is 20.3 Å². The minimum atomic E-state index is 0.235. The fraction of sp³-hybridized carbons (Fsp3) is 0.368. The van der Waals surface area contributed by atoms with Crippen LogP contribution in [0.1, 0.15) is 6.42 Å². The van der Waals surface area contributed by atoms with Crippen LogP contribution in [0.5, 0.6) is 5.75 Å². The first-order valence-corrected chi connectivity index (χ1v) is 8.97. The molecule has 26 heavy (non-hydrogen) atoms. The second kappa shape index (κ2) is 7.72. The van der Waals surface area contributed by atoms with Gasteiger partial charge < -0.3 is 15.2 Å². The Hall–Kier alpha value is -2.64. The van der Waals surface area contributed by atoms with E-state index in [4.69, 9.17) is 4.74 Å². The van der Waals surface area contributed by atoms with Crippen molar-refractivity contribution in [3.05, 3.63) is 42.7 Å². The maximum absolute atomic E-state index is 9.72. The van der Waals surface area contributed by atoms with Crippen LogP contribution in [0.3, 0.4) is 0 Å². The number of aromatic hydroxyl groups is 1. The first-order chi connectivity index (χ1) is 12.8. The zero-order valence-electron chi connectivity index (χ0n) is 14.6. The van der Waals surface area contributed by atoms with Crippen LogP contribution < -0.4 is 5.32 Å². The van der Waals surface area contributed by atoms with Gasteiger partial charge in [-0.15, -0.1) is 0 Å². The Morgan fingerprint density at radius 2 is 2.08 bits per heavy atom. The van der Waals surface area contributed by atoms with Gasteiger partial charge in [-0.3, -0.25) is 4.90 Å². The molecule has 3 heterocycles. The zero-order chi connectivity index (χ0) is 17.8. The minimum absolute atomic E-state index is 0.235. The molecule has 1 aliphatic heterocycles. The predicted octanol–water partition coefficient (Wildman–Crippen LogP) is 2.24. The van der Waals surface area contributed by atoms with E-state index in [1.807, 2.05) is 22.7 Å². The average molecular weight is 353 g/mol. The third kappa shape index (κ3) is 3.63. The highest BCUT2D eigenvalue weighted by molar-refractivity contribution is 5.78. The van der Waals surface area contributed by atoms with Crippen molar-refractivity contribution in [3.8, 4) is 16.9 Å². The number of morpholine rings is 1. The van der Waals surface area contributed by atoms with Gasteiger partial charge in [-0.1, -0.05) is 12.1 Å².